The van der Waals surface area contributed by atoms with Crippen molar-refractivity contribution in [1.82, 2.24) is 0 Å². The van der Waals surface area contributed by atoms with Crippen LogP contribution in [-0.4, -0.2) is 16.7 Å². The van der Waals surface area contributed by atoms with Crippen LogP contribution in [0.25, 0.3) is 0 Å². The largest absolute Gasteiger partial charge is 0.393 e. The number of aliphatic hydroxyl groups is 1. The van der Waals surface area contributed by atoms with Crippen molar-refractivity contribution in [2.75, 3.05) is 0 Å². The molecule has 3 N–H and O–H groups in total. The number of fused-ring (bicyclic) bond motifs is 4. The van der Waals surface area contributed by atoms with Gasteiger partial charge in [0, 0.05) is 11.0 Å². The number of hydrogen-bond acceptors (Lipinski definition) is 2. The van der Waals surface area contributed by atoms with Gasteiger partial charge in [0.2, 0.25) is 0 Å². The SMILES string of the molecule is CC(C)=CCCC(C)[C@@H]1CC[C@]2(C)C3=C(CC[C@@]12N)[C@@]1(C)CC[C@H](O)C(C)(C)C1CC3. The topological polar surface area (TPSA) is 46.2 Å². The highest BCUT2D eigenvalue weighted by Gasteiger charge is 2.63. The second-order valence-electron chi connectivity index (χ2n) is 13.2. The van der Waals surface area contributed by atoms with Gasteiger partial charge in [-0.05, 0) is 107 Å². The van der Waals surface area contributed by atoms with Crippen LogP contribution in [0.1, 0.15) is 113 Å². The van der Waals surface area contributed by atoms with Crippen molar-refractivity contribution < 1.29 is 5.11 Å². The lowest BCUT2D eigenvalue weighted by Gasteiger charge is -2.62. The van der Waals surface area contributed by atoms with Crippen LogP contribution in [0.2, 0.25) is 0 Å². The molecule has 0 bridgehead atoms. The van der Waals surface area contributed by atoms with E-state index in [1.54, 1.807) is 11.1 Å². The van der Waals surface area contributed by atoms with Gasteiger partial charge in [-0.25, -0.2) is 0 Å². The molecule has 0 aromatic carbocycles. The fraction of sp³-hybridized carbons (Fsp3) is 0.862. The normalized spacial score (nSPS) is 44.9. The smallest absolute Gasteiger partial charge is 0.0594 e. The van der Waals surface area contributed by atoms with Gasteiger partial charge >= 0.3 is 0 Å². The van der Waals surface area contributed by atoms with Crippen LogP contribution >= 0.6 is 0 Å². The molecule has 2 heteroatoms. The molecule has 2 fully saturated rings. The minimum atomic E-state index is -0.155. The van der Waals surface area contributed by atoms with Gasteiger partial charge in [0.25, 0.3) is 0 Å². The van der Waals surface area contributed by atoms with Crippen LogP contribution in [0.15, 0.2) is 22.8 Å². The van der Waals surface area contributed by atoms with Crippen LogP contribution in [0.3, 0.4) is 0 Å². The number of allylic oxidation sites excluding steroid dienone is 3. The Kier molecular flexibility index (Phi) is 5.87. The summed E-state index contributed by atoms with van der Waals surface area (Å²) in [4.78, 5) is 0. The van der Waals surface area contributed by atoms with Gasteiger partial charge in [0.15, 0.2) is 0 Å². The van der Waals surface area contributed by atoms with Crippen LogP contribution in [0.5, 0.6) is 0 Å². The molecule has 0 saturated heterocycles. The predicted molar refractivity (Wildman–Crippen MR) is 132 cm³/mol. The summed E-state index contributed by atoms with van der Waals surface area (Å²) in [6.07, 6.45) is 14.2. The molecule has 4 aliphatic carbocycles. The Balaban J connectivity index is 1.65. The summed E-state index contributed by atoms with van der Waals surface area (Å²) in [7, 11) is 0. The van der Waals surface area contributed by atoms with Crippen molar-refractivity contribution in [2.45, 2.75) is 124 Å². The maximum atomic E-state index is 10.8. The quantitative estimate of drug-likeness (QED) is 0.467. The Hall–Kier alpha value is -0.600. The molecule has 0 aromatic heterocycles. The molecular formula is C29H49NO. The minimum Gasteiger partial charge on any atom is -0.393 e. The summed E-state index contributed by atoms with van der Waals surface area (Å²) < 4.78 is 0. The van der Waals surface area contributed by atoms with E-state index >= 15 is 0 Å². The molecule has 4 aliphatic rings. The van der Waals surface area contributed by atoms with Gasteiger partial charge in [0.1, 0.15) is 0 Å². The molecule has 0 radical (unpaired) electrons. The molecule has 7 atom stereocenters. The molecule has 0 aliphatic heterocycles. The number of nitrogens with two attached hydrogens (primary N) is 1. The lowest BCUT2D eigenvalue weighted by atomic mass is 9.44. The summed E-state index contributed by atoms with van der Waals surface area (Å²) in [5.74, 6) is 1.93. The zero-order valence-electron chi connectivity index (χ0n) is 21.5. The van der Waals surface area contributed by atoms with Gasteiger partial charge in [-0.3, -0.25) is 0 Å². The molecule has 0 amide bonds. The molecule has 176 valence electrons. The first-order valence-electron chi connectivity index (χ1n) is 13.2. The van der Waals surface area contributed by atoms with E-state index in [0.29, 0.717) is 17.8 Å². The lowest BCUT2D eigenvalue weighted by Crippen LogP contribution is -2.61. The Morgan fingerprint density at radius 3 is 2.42 bits per heavy atom. The summed E-state index contributed by atoms with van der Waals surface area (Å²) in [5.41, 5.74) is 12.8. The average molecular weight is 428 g/mol. The van der Waals surface area contributed by atoms with E-state index in [1.807, 2.05) is 0 Å². The molecular weight excluding hydrogens is 378 g/mol. The first-order valence-corrected chi connectivity index (χ1v) is 13.2. The van der Waals surface area contributed by atoms with E-state index in [9.17, 15) is 5.11 Å². The molecule has 0 spiro atoms. The maximum absolute atomic E-state index is 10.8. The summed E-state index contributed by atoms with van der Waals surface area (Å²) in [6.45, 7) is 16.6. The van der Waals surface area contributed by atoms with Gasteiger partial charge in [-0.2, -0.15) is 0 Å². The highest BCUT2D eigenvalue weighted by molar-refractivity contribution is 5.40. The second-order valence-corrected chi connectivity index (χ2v) is 13.2. The van der Waals surface area contributed by atoms with E-state index < -0.39 is 0 Å². The molecule has 4 rings (SSSR count). The van der Waals surface area contributed by atoms with Gasteiger partial charge in [-0.1, -0.05) is 57.4 Å². The molecule has 31 heavy (non-hydrogen) atoms. The van der Waals surface area contributed by atoms with Crippen molar-refractivity contribution in [3.63, 3.8) is 0 Å². The van der Waals surface area contributed by atoms with Crippen molar-refractivity contribution in [1.29, 1.82) is 0 Å². The lowest BCUT2D eigenvalue weighted by molar-refractivity contribution is -0.0937. The predicted octanol–water partition coefficient (Wildman–Crippen LogP) is 7.17. The first kappa shape index (κ1) is 23.6. The van der Waals surface area contributed by atoms with Crippen LogP contribution < -0.4 is 5.73 Å². The average Bonchev–Trinajstić information content (AvgIpc) is 2.96. The Bertz CT molecular complexity index is 774. The Morgan fingerprint density at radius 2 is 1.74 bits per heavy atom. The van der Waals surface area contributed by atoms with Crippen molar-refractivity contribution in [3.8, 4) is 0 Å². The Labute approximate surface area is 192 Å². The fourth-order valence-corrected chi connectivity index (χ4v) is 9.11. The number of hydrogen-bond donors (Lipinski definition) is 2. The Morgan fingerprint density at radius 1 is 1.03 bits per heavy atom. The van der Waals surface area contributed by atoms with E-state index in [0.717, 1.165) is 19.3 Å². The molecule has 0 aromatic rings. The van der Waals surface area contributed by atoms with Crippen LogP contribution in [0, 0.1) is 34.0 Å². The van der Waals surface area contributed by atoms with Gasteiger partial charge < -0.3 is 10.8 Å². The standard InChI is InChI=1S/C29H49NO/c1-19(2)9-8-10-20(3)21-13-17-28(7)23-11-12-24-26(4,5)25(31)15-16-27(24,6)22(23)14-18-29(21,28)30/h9,20-21,24-25,31H,8,10-18,30H2,1-7H3/t20?,21-,24?,25-,27+,28+,29+/m0/s1. The summed E-state index contributed by atoms with van der Waals surface area (Å²) >= 11 is 0. The van der Waals surface area contributed by atoms with Crippen molar-refractivity contribution in [2.24, 2.45) is 39.7 Å². The number of rotatable bonds is 4. The summed E-state index contributed by atoms with van der Waals surface area (Å²) in [6, 6.07) is 0. The first-order chi connectivity index (χ1) is 14.4. The third kappa shape index (κ3) is 3.33. The minimum absolute atomic E-state index is 0.0152. The van der Waals surface area contributed by atoms with Crippen molar-refractivity contribution >= 4 is 0 Å². The third-order valence-electron chi connectivity index (χ3n) is 11.2. The monoisotopic (exact) mass is 427 g/mol. The zero-order valence-corrected chi connectivity index (χ0v) is 21.5. The summed E-state index contributed by atoms with van der Waals surface area (Å²) in [5, 5.41) is 10.8. The molecule has 2 saturated carbocycles. The number of aliphatic hydroxyl groups excluding tert-OH is 1. The van der Waals surface area contributed by atoms with Crippen LogP contribution in [-0.2, 0) is 0 Å². The maximum Gasteiger partial charge on any atom is 0.0594 e. The van der Waals surface area contributed by atoms with Crippen LogP contribution in [0.4, 0.5) is 0 Å². The molecule has 2 unspecified atom stereocenters. The highest BCUT2D eigenvalue weighted by atomic mass is 16.3. The third-order valence-corrected chi connectivity index (χ3v) is 11.2. The van der Waals surface area contributed by atoms with E-state index in [2.05, 4.69) is 54.5 Å². The van der Waals surface area contributed by atoms with Crippen molar-refractivity contribution in [3.05, 3.63) is 22.8 Å². The molecule has 0 heterocycles. The van der Waals surface area contributed by atoms with Gasteiger partial charge in [0.05, 0.1) is 6.10 Å². The van der Waals surface area contributed by atoms with E-state index in [1.165, 1.54) is 50.5 Å². The fourth-order valence-electron chi connectivity index (χ4n) is 9.11. The van der Waals surface area contributed by atoms with E-state index in [-0.39, 0.29) is 27.9 Å². The zero-order chi connectivity index (χ0) is 22.8. The van der Waals surface area contributed by atoms with E-state index in [4.69, 9.17) is 5.73 Å². The molecule has 2 nitrogen and oxygen atoms in total. The highest BCUT2D eigenvalue weighted by Crippen LogP contribution is 2.68. The second kappa shape index (κ2) is 7.73. The van der Waals surface area contributed by atoms with Gasteiger partial charge in [-0.15, -0.1) is 0 Å².